The molecular formula is C15H25N6O16P3. The number of imidazole rings is 1. The third-order valence-electron chi connectivity index (χ3n) is 5.64. The predicted octanol–water partition coefficient (Wildman–Crippen LogP) is -3.20. The molecule has 2 fully saturated rings. The molecule has 0 bridgehead atoms. The van der Waals surface area contributed by atoms with Crippen molar-refractivity contribution in [1.29, 1.82) is 0 Å². The zero-order chi connectivity index (χ0) is 29.6. The largest absolute Gasteiger partial charge is 0.481 e. The van der Waals surface area contributed by atoms with Crippen LogP contribution in [0.25, 0.3) is 11.2 Å². The highest BCUT2D eigenvalue weighted by Crippen LogP contribution is 2.61. The molecule has 10 atom stereocenters. The van der Waals surface area contributed by atoms with Crippen molar-refractivity contribution in [3.63, 3.8) is 0 Å². The van der Waals surface area contributed by atoms with Gasteiger partial charge in [0.1, 0.15) is 54.7 Å². The highest BCUT2D eigenvalue weighted by atomic mass is 31.3. The molecule has 0 radical (unpaired) electrons. The quantitative estimate of drug-likeness (QED) is 0.109. The average molecular weight is 638 g/mol. The molecule has 4 heterocycles. The number of phosphoric ester groups is 3. The lowest BCUT2D eigenvalue weighted by Gasteiger charge is -2.22. The van der Waals surface area contributed by atoms with E-state index in [0.717, 1.165) is 17.2 Å². The molecule has 2 aliphatic rings. The van der Waals surface area contributed by atoms with E-state index in [1.54, 1.807) is 0 Å². The number of anilines is 1. The van der Waals surface area contributed by atoms with E-state index in [2.05, 4.69) is 32.8 Å². The minimum atomic E-state index is -5.44. The smallest absolute Gasteiger partial charge is 0.387 e. The van der Waals surface area contributed by atoms with Crippen LogP contribution in [0.4, 0.5) is 5.82 Å². The van der Waals surface area contributed by atoms with Crippen LogP contribution in [-0.4, -0.2) is 110 Å². The predicted molar refractivity (Wildman–Crippen MR) is 124 cm³/mol. The lowest BCUT2D eigenvalue weighted by Crippen LogP contribution is -2.37. The van der Waals surface area contributed by atoms with Crippen LogP contribution in [0.5, 0.6) is 0 Å². The second kappa shape index (κ2) is 11.6. The molecule has 0 saturated carbocycles. The molecule has 0 amide bonds. The van der Waals surface area contributed by atoms with E-state index in [0.29, 0.717) is 0 Å². The molecule has 22 nitrogen and oxygen atoms in total. The van der Waals surface area contributed by atoms with Gasteiger partial charge in [0.05, 0.1) is 19.5 Å². The number of aliphatic hydroxyl groups is 3. The monoisotopic (exact) mass is 638 g/mol. The summed E-state index contributed by atoms with van der Waals surface area (Å²) in [6.45, 7) is -1.93. The van der Waals surface area contributed by atoms with Gasteiger partial charge in [-0.05, 0) is 0 Å². The first kappa shape index (κ1) is 31.4. The number of phosphoric acid groups is 3. The first-order valence-electron chi connectivity index (χ1n) is 10.9. The Labute approximate surface area is 222 Å². The minimum absolute atomic E-state index is 0.0185. The second-order valence-corrected chi connectivity index (χ2v) is 12.7. The summed E-state index contributed by atoms with van der Waals surface area (Å²) in [6, 6.07) is 0. The number of nitrogen functional groups attached to an aromatic ring is 1. The number of ether oxygens (including phenoxy) is 2. The topological polar surface area (TPSA) is 344 Å². The molecule has 0 aromatic carbocycles. The summed E-state index contributed by atoms with van der Waals surface area (Å²) in [4.78, 5) is 50.0. The lowest BCUT2D eigenvalue weighted by atomic mass is 10.1. The fourth-order valence-corrected chi connectivity index (χ4v) is 6.47. The van der Waals surface area contributed by atoms with E-state index in [9.17, 15) is 48.6 Å². The van der Waals surface area contributed by atoms with Gasteiger partial charge in [0.2, 0.25) is 0 Å². The number of nitrogens with two attached hydrogens (primary N) is 2. The van der Waals surface area contributed by atoms with Crippen molar-refractivity contribution in [3.05, 3.63) is 12.7 Å². The van der Waals surface area contributed by atoms with Crippen LogP contribution in [0.2, 0.25) is 0 Å². The van der Waals surface area contributed by atoms with Crippen LogP contribution in [0.1, 0.15) is 6.23 Å². The third-order valence-corrected chi connectivity index (χ3v) is 8.76. The Morgan fingerprint density at radius 3 is 2.05 bits per heavy atom. The van der Waals surface area contributed by atoms with Crippen molar-refractivity contribution in [2.75, 3.05) is 18.9 Å². The van der Waals surface area contributed by atoms with Gasteiger partial charge >= 0.3 is 23.5 Å². The number of rotatable bonds is 11. The lowest BCUT2D eigenvalue weighted by molar-refractivity contribution is -0.0501. The molecule has 2 unspecified atom stereocenters. The van der Waals surface area contributed by atoms with Crippen LogP contribution in [0, 0.1) is 0 Å². The normalized spacial score (nSPS) is 34.2. The summed E-state index contributed by atoms with van der Waals surface area (Å²) in [5.41, 5.74) is 11.2. The van der Waals surface area contributed by atoms with E-state index in [4.69, 9.17) is 20.9 Å². The molecule has 0 spiro atoms. The van der Waals surface area contributed by atoms with Gasteiger partial charge in [-0.2, -0.15) is 4.31 Å². The summed E-state index contributed by atoms with van der Waals surface area (Å²) in [6.07, 6.45) is -10.6. The summed E-state index contributed by atoms with van der Waals surface area (Å²) >= 11 is 0. The Morgan fingerprint density at radius 1 is 0.900 bits per heavy atom. The Kier molecular flexibility index (Phi) is 9.14. The Hall–Kier alpha value is -1.52. The van der Waals surface area contributed by atoms with Gasteiger partial charge in [0.25, 0.3) is 0 Å². The number of aromatic nitrogens is 4. The van der Waals surface area contributed by atoms with Gasteiger partial charge in [-0.15, -0.1) is 0 Å². The van der Waals surface area contributed by atoms with E-state index < -0.39 is 85.8 Å². The Balaban J connectivity index is 1.42. The fourth-order valence-electron chi connectivity index (χ4n) is 3.84. The van der Waals surface area contributed by atoms with Crippen molar-refractivity contribution < 1.29 is 75.9 Å². The van der Waals surface area contributed by atoms with Gasteiger partial charge < -0.3 is 55.8 Å². The molecule has 2 saturated heterocycles. The van der Waals surface area contributed by atoms with E-state index in [1.165, 1.54) is 0 Å². The van der Waals surface area contributed by atoms with Gasteiger partial charge in [0, 0.05) is 0 Å². The molecule has 226 valence electrons. The Morgan fingerprint density at radius 2 is 1.50 bits per heavy atom. The summed E-state index contributed by atoms with van der Waals surface area (Å²) in [5, 5.41) is 29.9. The fraction of sp³-hybridized carbons (Fsp3) is 0.667. The summed E-state index contributed by atoms with van der Waals surface area (Å²) in [5.74, 6) is -0.0447. The number of fused-ring (bicyclic) bond motifs is 1. The van der Waals surface area contributed by atoms with Gasteiger partial charge in [0.15, 0.2) is 17.7 Å². The molecule has 2 aliphatic heterocycles. The number of aliphatic hydroxyl groups excluding tert-OH is 3. The summed E-state index contributed by atoms with van der Waals surface area (Å²) in [7, 11) is -16.0. The Bertz CT molecular complexity index is 1360. The second-order valence-electron chi connectivity index (χ2n) is 8.43. The zero-order valence-corrected chi connectivity index (χ0v) is 22.5. The zero-order valence-electron chi connectivity index (χ0n) is 19.8. The molecule has 4 rings (SSSR count). The maximum absolute atomic E-state index is 12.3. The molecule has 2 aromatic heterocycles. The number of nitrogens with zero attached hydrogens (tertiary/aromatic N) is 4. The van der Waals surface area contributed by atoms with Gasteiger partial charge in [-0.25, -0.2) is 28.6 Å². The maximum atomic E-state index is 12.3. The summed E-state index contributed by atoms with van der Waals surface area (Å²) < 4.78 is 65.5. The third kappa shape index (κ3) is 7.09. The molecule has 2 aromatic rings. The highest BCUT2D eigenvalue weighted by molar-refractivity contribution is 7.61. The van der Waals surface area contributed by atoms with Crippen LogP contribution in [0.15, 0.2) is 12.7 Å². The van der Waals surface area contributed by atoms with Crippen molar-refractivity contribution in [2.24, 2.45) is 5.73 Å². The number of hydrogen-bond donors (Lipinski definition) is 9. The molecular weight excluding hydrogens is 613 g/mol. The van der Waals surface area contributed by atoms with E-state index in [-0.39, 0.29) is 17.0 Å². The standard InChI is InChI=1S/C15H25N6O16P3/c16-12-7-14(19-3-18-12)21(4-20-7)15-11(36-38(25,26)27)9(23)6(35-15)2-33-40(30,31)37-39(28,29)32-1-5-8(22)10(24)13(17)34-5/h3-6,8-11,13,15,22-24H,1-2,17H2,(H,28,29)(H,30,31)(H2,16,18,19)(H2,25,26,27)/t5-,6-,8-,9-,10-,11-,13+,15-/m1/s1. The first-order valence-corrected chi connectivity index (χ1v) is 15.4. The molecule has 25 heteroatoms. The van der Waals surface area contributed by atoms with Crippen LogP contribution in [0.3, 0.4) is 0 Å². The van der Waals surface area contributed by atoms with Crippen LogP contribution < -0.4 is 11.5 Å². The molecule has 40 heavy (non-hydrogen) atoms. The van der Waals surface area contributed by atoms with Crippen LogP contribution in [-0.2, 0) is 41.1 Å². The first-order chi connectivity index (χ1) is 18.5. The van der Waals surface area contributed by atoms with Crippen molar-refractivity contribution in [1.82, 2.24) is 19.5 Å². The van der Waals surface area contributed by atoms with Crippen molar-refractivity contribution in [3.8, 4) is 0 Å². The van der Waals surface area contributed by atoms with Gasteiger partial charge in [-0.3, -0.25) is 18.1 Å². The SMILES string of the molecule is Nc1ncnc2c1ncn2[C@@H]1O[C@H](COP(=O)(O)OP(=O)(O)OC[C@H]2O[C@H](N)[C@H](O)[C@@H]2O)[C@@H](O)[C@H]1OP(=O)(O)O. The van der Waals surface area contributed by atoms with E-state index >= 15 is 0 Å². The number of hydrogen-bond acceptors (Lipinski definition) is 17. The highest BCUT2D eigenvalue weighted by Gasteiger charge is 2.50. The van der Waals surface area contributed by atoms with E-state index in [1.807, 2.05) is 0 Å². The van der Waals surface area contributed by atoms with Crippen molar-refractivity contribution in [2.45, 2.75) is 49.1 Å². The molecule has 0 aliphatic carbocycles. The van der Waals surface area contributed by atoms with Gasteiger partial charge in [-0.1, -0.05) is 0 Å². The van der Waals surface area contributed by atoms with Crippen LogP contribution >= 0.6 is 23.5 Å². The maximum Gasteiger partial charge on any atom is 0.481 e. The molecule has 11 N–H and O–H groups in total. The average Bonchev–Trinajstić information content (AvgIpc) is 3.47. The minimum Gasteiger partial charge on any atom is -0.387 e. The van der Waals surface area contributed by atoms with Crippen molar-refractivity contribution >= 4 is 40.4 Å².